The molecule has 1 aliphatic heterocycles. The van der Waals surface area contributed by atoms with Crippen LogP contribution in [0.4, 0.5) is 4.79 Å². The third-order valence-corrected chi connectivity index (χ3v) is 5.62. The average molecular weight is 382 g/mol. The van der Waals surface area contributed by atoms with Gasteiger partial charge in [0, 0.05) is 29.5 Å². The van der Waals surface area contributed by atoms with Gasteiger partial charge in [-0.1, -0.05) is 29.8 Å². The van der Waals surface area contributed by atoms with Crippen LogP contribution in [0.3, 0.4) is 0 Å². The zero-order chi connectivity index (χ0) is 18.5. The molecule has 2 N–H and O–H groups in total. The van der Waals surface area contributed by atoms with Crippen LogP contribution in [0.25, 0.3) is 5.65 Å². The van der Waals surface area contributed by atoms with Crippen molar-refractivity contribution < 1.29 is 9.59 Å². The van der Waals surface area contributed by atoms with Crippen LogP contribution < -0.4 is 10.6 Å². The van der Waals surface area contributed by atoms with Gasteiger partial charge < -0.3 is 5.32 Å². The van der Waals surface area contributed by atoms with E-state index in [1.807, 2.05) is 24.3 Å². The van der Waals surface area contributed by atoms with E-state index in [0.717, 1.165) is 28.2 Å². The molecule has 0 bridgehead atoms. The first kappa shape index (κ1) is 16.3. The number of carbonyl (C=O) groups is 2. The molecule has 27 heavy (non-hydrogen) atoms. The summed E-state index contributed by atoms with van der Waals surface area (Å²) in [6, 6.07) is 9.37. The van der Waals surface area contributed by atoms with Crippen LogP contribution in [0, 0.1) is 0 Å². The maximum absolute atomic E-state index is 12.3. The van der Waals surface area contributed by atoms with Crippen molar-refractivity contribution in [3.8, 4) is 0 Å². The van der Waals surface area contributed by atoms with E-state index in [0.29, 0.717) is 11.6 Å². The van der Waals surface area contributed by atoms with Gasteiger partial charge in [-0.25, -0.2) is 14.3 Å². The number of hydrogen-bond acceptors (Lipinski definition) is 4. The van der Waals surface area contributed by atoms with Gasteiger partial charge in [0.2, 0.25) is 5.91 Å². The number of benzene rings is 1. The van der Waals surface area contributed by atoms with Crippen LogP contribution in [-0.2, 0) is 4.79 Å². The fourth-order valence-corrected chi connectivity index (χ4v) is 4.11. The van der Waals surface area contributed by atoms with E-state index in [2.05, 4.69) is 26.8 Å². The predicted molar refractivity (Wildman–Crippen MR) is 98.8 cm³/mol. The van der Waals surface area contributed by atoms with Gasteiger partial charge >= 0.3 is 6.03 Å². The third kappa shape index (κ3) is 2.75. The molecular formula is C19H16ClN5O2. The van der Waals surface area contributed by atoms with E-state index in [4.69, 9.17) is 11.6 Å². The molecular weight excluding hydrogens is 366 g/mol. The Balaban J connectivity index is 1.53. The topological polar surface area (TPSA) is 88.4 Å². The molecule has 3 atom stereocenters. The highest BCUT2D eigenvalue weighted by Crippen LogP contribution is 2.56. The summed E-state index contributed by atoms with van der Waals surface area (Å²) in [4.78, 5) is 28.0. The van der Waals surface area contributed by atoms with Crippen molar-refractivity contribution in [1.29, 1.82) is 0 Å². The Morgan fingerprint density at radius 3 is 2.78 bits per heavy atom. The van der Waals surface area contributed by atoms with E-state index in [-0.39, 0.29) is 18.4 Å². The van der Waals surface area contributed by atoms with Gasteiger partial charge in [0.15, 0.2) is 5.65 Å². The third-order valence-electron chi connectivity index (χ3n) is 5.28. The van der Waals surface area contributed by atoms with Crippen molar-refractivity contribution in [1.82, 2.24) is 25.2 Å². The van der Waals surface area contributed by atoms with Crippen LogP contribution >= 0.6 is 11.6 Å². The van der Waals surface area contributed by atoms with Crippen LogP contribution in [-0.4, -0.2) is 33.1 Å². The van der Waals surface area contributed by atoms with Gasteiger partial charge in [0.1, 0.15) is 0 Å². The Morgan fingerprint density at radius 1 is 1.15 bits per heavy atom. The number of nitrogens with zero attached hydrogens (tertiary/aromatic N) is 3. The second-order valence-electron chi connectivity index (χ2n) is 6.94. The normalized spacial score (nSPS) is 24.6. The van der Waals surface area contributed by atoms with Crippen LogP contribution in [0.2, 0.25) is 5.02 Å². The first-order valence-electron chi connectivity index (χ1n) is 8.79. The number of rotatable bonds is 3. The molecule has 5 rings (SSSR count). The van der Waals surface area contributed by atoms with E-state index in [1.165, 1.54) is 0 Å². The summed E-state index contributed by atoms with van der Waals surface area (Å²) in [5.41, 5.74) is 3.60. The molecule has 1 saturated heterocycles. The Labute approximate surface area is 159 Å². The monoisotopic (exact) mass is 381 g/mol. The summed E-state index contributed by atoms with van der Waals surface area (Å²) in [6.45, 7) is 0.232. The minimum absolute atomic E-state index is 0.232. The summed E-state index contributed by atoms with van der Waals surface area (Å²) < 4.78 is 1.70. The summed E-state index contributed by atoms with van der Waals surface area (Å²) in [6.07, 6.45) is 4.45. The van der Waals surface area contributed by atoms with Crippen molar-refractivity contribution in [3.05, 3.63) is 64.6 Å². The number of urea groups is 1. The van der Waals surface area contributed by atoms with E-state index in [1.54, 1.807) is 16.9 Å². The molecule has 1 aliphatic carbocycles. The molecule has 2 aliphatic rings. The summed E-state index contributed by atoms with van der Waals surface area (Å²) in [5, 5.41) is 10.3. The van der Waals surface area contributed by atoms with Crippen molar-refractivity contribution in [2.45, 2.75) is 24.2 Å². The first-order chi connectivity index (χ1) is 13.1. The van der Waals surface area contributed by atoms with Gasteiger partial charge in [-0.05, 0) is 36.0 Å². The minimum atomic E-state index is -0.522. The smallest absolute Gasteiger partial charge is 0.321 e. The lowest BCUT2D eigenvalue weighted by molar-refractivity contribution is -0.122. The summed E-state index contributed by atoms with van der Waals surface area (Å²) in [5.74, 6) is -0.256. The number of aromatic nitrogens is 3. The molecule has 3 aromatic rings. The van der Waals surface area contributed by atoms with Crippen molar-refractivity contribution in [2.75, 3.05) is 6.54 Å². The molecule has 8 heteroatoms. The molecule has 1 aromatic carbocycles. The molecule has 3 heterocycles. The van der Waals surface area contributed by atoms with Gasteiger partial charge in [-0.3, -0.25) is 10.1 Å². The number of imide groups is 1. The molecule has 2 fully saturated rings. The van der Waals surface area contributed by atoms with Crippen molar-refractivity contribution in [3.63, 3.8) is 0 Å². The lowest BCUT2D eigenvalue weighted by Gasteiger charge is -2.22. The van der Waals surface area contributed by atoms with Gasteiger partial charge in [0.25, 0.3) is 0 Å². The maximum atomic E-state index is 12.3. The van der Waals surface area contributed by atoms with Crippen LogP contribution in [0.5, 0.6) is 0 Å². The second kappa shape index (κ2) is 6.06. The Hall–Kier alpha value is -2.93. The average Bonchev–Trinajstić information content (AvgIpc) is 3.29. The van der Waals surface area contributed by atoms with Crippen LogP contribution in [0.1, 0.15) is 41.0 Å². The molecule has 0 spiro atoms. The molecule has 136 valence electrons. The predicted octanol–water partition coefficient (Wildman–Crippen LogP) is 2.58. The van der Waals surface area contributed by atoms with Crippen molar-refractivity contribution >= 4 is 29.2 Å². The molecule has 0 radical (unpaired) electrons. The first-order valence-corrected chi connectivity index (χ1v) is 9.17. The van der Waals surface area contributed by atoms with Crippen LogP contribution in [0.15, 0.2) is 42.7 Å². The van der Waals surface area contributed by atoms with Crippen molar-refractivity contribution in [2.24, 2.45) is 0 Å². The number of carbonyl (C=O) groups excluding carboxylic acids is 2. The maximum Gasteiger partial charge on any atom is 0.321 e. The highest BCUT2D eigenvalue weighted by molar-refractivity contribution is 6.31. The standard InChI is InChI=1S/C19H16ClN5O2/c20-15-4-2-1-3-10(15)11-7-12(11)13-8-16(24-25-6-5-21-17(13)25)14-9-22-19(27)23-18(14)26/h1-6,8,11-12,14H,7,9H2,(H2,22,23,26,27)/t11-,12+,14?/m1/s1. The number of amides is 3. The number of nitrogens with one attached hydrogen (secondary N) is 2. The zero-order valence-electron chi connectivity index (χ0n) is 14.2. The fourth-order valence-electron chi connectivity index (χ4n) is 3.83. The Kier molecular flexibility index (Phi) is 3.65. The van der Waals surface area contributed by atoms with E-state index in [9.17, 15) is 9.59 Å². The molecule has 7 nitrogen and oxygen atoms in total. The molecule has 2 aromatic heterocycles. The lowest BCUT2D eigenvalue weighted by Crippen LogP contribution is -2.51. The van der Waals surface area contributed by atoms with E-state index >= 15 is 0 Å². The van der Waals surface area contributed by atoms with Gasteiger partial charge in [-0.2, -0.15) is 5.10 Å². The second-order valence-corrected chi connectivity index (χ2v) is 7.35. The van der Waals surface area contributed by atoms with E-state index < -0.39 is 11.9 Å². The SMILES string of the molecule is O=C1NCC(c2cc([C@H]3C[C@@H]3c3ccccc3Cl)c3nccn3n2)C(=O)N1. The molecule has 1 unspecified atom stereocenters. The quantitative estimate of drug-likeness (QED) is 0.729. The Morgan fingerprint density at radius 2 is 1.96 bits per heavy atom. The highest BCUT2D eigenvalue weighted by atomic mass is 35.5. The largest absolute Gasteiger partial charge is 0.337 e. The molecule has 3 amide bonds. The van der Waals surface area contributed by atoms with Gasteiger partial charge in [0.05, 0.1) is 11.6 Å². The number of imidazole rings is 1. The molecule has 1 saturated carbocycles. The summed E-state index contributed by atoms with van der Waals surface area (Å²) in [7, 11) is 0. The lowest BCUT2D eigenvalue weighted by atomic mass is 9.99. The fraction of sp³-hybridized carbons (Fsp3) is 0.263. The minimum Gasteiger partial charge on any atom is -0.337 e. The number of halogens is 1. The van der Waals surface area contributed by atoms with Gasteiger partial charge in [-0.15, -0.1) is 0 Å². The number of hydrogen-bond donors (Lipinski definition) is 2. The summed E-state index contributed by atoms with van der Waals surface area (Å²) >= 11 is 6.37. The zero-order valence-corrected chi connectivity index (χ0v) is 15.0. The highest BCUT2D eigenvalue weighted by Gasteiger charge is 2.42. The Bertz CT molecular complexity index is 1080. The number of fused-ring (bicyclic) bond motifs is 1.